The first-order valence-corrected chi connectivity index (χ1v) is 14.0. The largest absolute Gasteiger partial charge is 0.416 e. The van der Waals surface area contributed by atoms with Crippen molar-refractivity contribution in [1.82, 2.24) is 20.4 Å². The molecule has 0 bridgehead atoms. The van der Waals surface area contributed by atoms with Crippen molar-refractivity contribution in [2.45, 2.75) is 83.7 Å². The summed E-state index contributed by atoms with van der Waals surface area (Å²) in [6.07, 6.45) is -1.71. The smallest absolute Gasteiger partial charge is 0.381 e. The van der Waals surface area contributed by atoms with Crippen LogP contribution in [0.5, 0.6) is 0 Å². The molecule has 12 heteroatoms. The number of nitrogens with zero attached hydrogens (tertiary/aromatic N) is 2. The highest BCUT2D eigenvalue weighted by atomic mass is 19.4. The Morgan fingerprint density at radius 1 is 1.18 bits per heavy atom. The normalized spacial score (nSPS) is 23.6. The fourth-order valence-electron chi connectivity index (χ4n) is 5.62. The van der Waals surface area contributed by atoms with Crippen LogP contribution >= 0.6 is 0 Å². The minimum atomic E-state index is -4.68. The lowest BCUT2D eigenvalue weighted by molar-refractivity contribution is -0.137. The number of anilines is 1. The minimum Gasteiger partial charge on any atom is -0.381 e. The Labute approximate surface area is 234 Å². The van der Waals surface area contributed by atoms with Crippen molar-refractivity contribution in [2.75, 3.05) is 38.7 Å². The zero-order chi connectivity index (χ0) is 29.6. The summed E-state index contributed by atoms with van der Waals surface area (Å²) in [5, 5.41) is 7.54. The van der Waals surface area contributed by atoms with Gasteiger partial charge in [0.25, 0.3) is 5.91 Å². The van der Waals surface area contributed by atoms with Crippen LogP contribution in [0.1, 0.15) is 69.3 Å². The molecule has 1 saturated carbocycles. The predicted molar refractivity (Wildman–Crippen MR) is 146 cm³/mol. The van der Waals surface area contributed by atoms with E-state index in [1.807, 2.05) is 6.92 Å². The highest BCUT2D eigenvalue weighted by Gasteiger charge is 2.43. The van der Waals surface area contributed by atoms with Gasteiger partial charge in [0.1, 0.15) is 6.04 Å². The second-order valence-electron chi connectivity index (χ2n) is 10.8. The van der Waals surface area contributed by atoms with E-state index in [1.54, 1.807) is 11.8 Å². The van der Waals surface area contributed by atoms with Crippen molar-refractivity contribution in [3.63, 3.8) is 0 Å². The van der Waals surface area contributed by atoms with Gasteiger partial charge in [-0.2, -0.15) is 13.2 Å². The van der Waals surface area contributed by atoms with Gasteiger partial charge >= 0.3 is 12.2 Å². The molecule has 3 N–H and O–H groups in total. The van der Waals surface area contributed by atoms with Gasteiger partial charge in [-0.05, 0) is 78.6 Å². The quantitative estimate of drug-likeness (QED) is 0.394. The molecule has 2 fully saturated rings. The predicted octanol–water partition coefficient (Wildman–Crippen LogP) is 4.09. The molecule has 0 aromatic heterocycles. The van der Waals surface area contributed by atoms with E-state index in [0.717, 1.165) is 31.4 Å². The number of carbonyl (C=O) groups is 3. The number of amides is 4. The number of urea groups is 1. The fourth-order valence-corrected chi connectivity index (χ4v) is 5.62. The van der Waals surface area contributed by atoms with Crippen LogP contribution in [0.3, 0.4) is 0 Å². The molecule has 224 valence electrons. The highest BCUT2D eigenvalue weighted by Crippen LogP contribution is 2.35. The number of rotatable bonds is 10. The number of ether oxygens (including phenoxy) is 1. The summed E-state index contributed by atoms with van der Waals surface area (Å²) < 4.78 is 46.0. The van der Waals surface area contributed by atoms with Crippen LogP contribution in [0.15, 0.2) is 18.2 Å². The van der Waals surface area contributed by atoms with E-state index in [2.05, 4.69) is 41.7 Å². The summed E-state index contributed by atoms with van der Waals surface area (Å²) in [6.45, 7) is 9.77. The first-order chi connectivity index (χ1) is 18.9. The summed E-state index contributed by atoms with van der Waals surface area (Å²) in [6, 6.07) is 1.74. The first-order valence-electron chi connectivity index (χ1n) is 14.0. The molecule has 0 spiro atoms. The molecule has 1 aliphatic heterocycles. The van der Waals surface area contributed by atoms with Gasteiger partial charge in [-0.15, -0.1) is 0 Å². The van der Waals surface area contributed by atoms with Crippen LogP contribution in [0.25, 0.3) is 0 Å². The molecule has 1 aromatic rings. The number of hydrogen-bond acceptors (Lipinski definition) is 5. The molecular formula is C28H42F3N5O4. The zero-order valence-corrected chi connectivity index (χ0v) is 23.9. The van der Waals surface area contributed by atoms with E-state index in [1.165, 1.54) is 0 Å². The Morgan fingerprint density at radius 2 is 1.90 bits per heavy atom. The lowest BCUT2D eigenvalue weighted by Gasteiger charge is -2.44. The molecule has 1 aliphatic carbocycles. The number of alkyl halides is 3. The molecule has 3 rings (SSSR count). The maximum atomic E-state index is 13.5. The standard InChI is InChI=1S/C28H42F3N5O4/c1-6-32-27(39)34-22-10-8-19(28(29,30)31)15-21(22)25(37)33-23-12-13-36(26(23)38)24-11-9-20(35(5)17(3)4)14-18(24)16-40-7-2/h8,10,15,17-18,20,23-24H,6-7,9,11-14,16H2,1-5H3,(H,33,37)(H2,32,34,39)/t18-,20+,23?,24-/m0/s1. The van der Waals surface area contributed by atoms with E-state index < -0.39 is 29.7 Å². The molecule has 1 heterocycles. The molecule has 4 amide bonds. The summed E-state index contributed by atoms with van der Waals surface area (Å²) in [7, 11) is 2.11. The molecular weight excluding hydrogens is 527 g/mol. The summed E-state index contributed by atoms with van der Waals surface area (Å²) in [5.74, 6) is -0.971. The van der Waals surface area contributed by atoms with Crippen molar-refractivity contribution in [3.8, 4) is 0 Å². The van der Waals surface area contributed by atoms with Gasteiger partial charge in [-0.1, -0.05) is 0 Å². The number of likely N-dealkylation sites (tertiary alicyclic amines) is 1. The summed E-state index contributed by atoms with van der Waals surface area (Å²) in [4.78, 5) is 42.9. The van der Waals surface area contributed by atoms with Crippen LogP contribution in [0.4, 0.5) is 23.7 Å². The number of carbonyl (C=O) groups excluding carboxylic acids is 3. The third kappa shape index (κ3) is 7.66. The van der Waals surface area contributed by atoms with Gasteiger partial charge in [0.15, 0.2) is 0 Å². The maximum absolute atomic E-state index is 13.5. The number of halogens is 3. The average Bonchev–Trinajstić information content (AvgIpc) is 3.25. The van der Waals surface area contributed by atoms with Gasteiger partial charge in [-0.25, -0.2) is 4.79 Å². The van der Waals surface area contributed by atoms with E-state index in [-0.39, 0.29) is 29.1 Å². The zero-order valence-electron chi connectivity index (χ0n) is 23.9. The van der Waals surface area contributed by atoms with Crippen molar-refractivity contribution in [2.24, 2.45) is 5.92 Å². The Balaban J connectivity index is 1.76. The van der Waals surface area contributed by atoms with Crippen LogP contribution in [-0.4, -0.2) is 85.2 Å². The van der Waals surface area contributed by atoms with Crippen molar-refractivity contribution >= 4 is 23.5 Å². The Bertz CT molecular complexity index is 1050. The van der Waals surface area contributed by atoms with E-state index in [4.69, 9.17) is 4.74 Å². The lowest BCUT2D eigenvalue weighted by Crippen LogP contribution is -2.52. The van der Waals surface area contributed by atoms with Gasteiger partial charge in [0.05, 0.1) is 23.4 Å². The van der Waals surface area contributed by atoms with Crippen LogP contribution in [0, 0.1) is 5.92 Å². The third-order valence-corrected chi connectivity index (χ3v) is 7.96. The Kier molecular flexibility index (Phi) is 10.8. The lowest BCUT2D eigenvalue weighted by atomic mass is 9.80. The van der Waals surface area contributed by atoms with Crippen LogP contribution in [0.2, 0.25) is 0 Å². The SMILES string of the molecule is CCNC(=O)Nc1ccc(C(F)(F)F)cc1C(=O)NC1CCN([C@H]2CC[C@@H](N(C)C(C)C)C[C@H]2COCC)C1=O. The van der Waals surface area contributed by atoms with E-state index in [9.17, 15) is 27.6 Å². The van der Waals surface area contributed by atoms with Crippen LogP contribution < -0.4 is 16.0 Å². The molecule has 40 heavy (non-hydrogen) atoms. The van der Waals surface area contributed by atoms with Gasteiger partial charge in [-0.3, -0.25) is 9.59 Å². The molecule has 2 aliphatic rings. The van der Waals surface area contributed by atoms with Crippen LogP contribution in [-0.2, 0) is 15.7 Å². The number of hydrogen-bond donors (Lipinski definition) is 3. The number of benzene rings is 1. The summed E-state index contributed by atoms with van der Waals surface area (Å²) in [5.41, 5.74) is -1.47. The minimum absolute atomic E-state index is 0.0405. The summed E-state index contributed by atoms with van der Waals surface area (Å²) >= 11 is 0. The maximum Gasteiger partial charge on any atom is 0.416 e. The highest BCUT2D eigenvalue weighted by molar-refractivity contribution is 6.05. The van der Waals surface area contributed by atoms with Gasteiger partial charge in [0.2, 0.25) is 5.91 Å². The Hall–Kier alpha value is -2.86. The molecule has 1 unspecified atom stereocenters. The average molecular weight is 570 g/mol. The van der Waals surface area contributed by atoms with Gasteiger partial charge in [0, 0.05) is 43.7 Å². The molecule has 4 atom stereocenters. The molecule has 1 saturated heterocycles. The number of nitrogens with one attached hydrogen (secondary N) is 3. The molecule has 9 nitrogen and oxygen atoms in total. The van der Waals surface area contributed by atoms with E-state index in [0.29, 0.717) is 50.9 Å². The van der Waals surface area contributed by atoms with Crippen molar-refractivity contribution < 1.29 is 32.3 Å². The second-order valence-corrected chi connectivity index (χ2v) is 10.8. The topological polar surface area (TPSA) is 103 Å². The Morgan fingerprint density at radius 3 is 2.52 bits per heavy atom. The fraction of sp³-hybridized carbons (Fsp3) is 0.679. The third-order valence-electron chi connectivity index (χ3n) is 7.96. The molecule has 1 aromatic carbocycles. The molecule has 0 radical (unpaired) electrons. The first kappa shape index (κ1) is 31.7. The van der Waals surface area contributed by atoms with Crippen molar-refractivity contribution in [1.29, 1.82) is 0 Å². The van der Waals surface area contributed by atoms with Crippen molar-refractivity contribution in [3.05, 3.63) is 29.3 Å². The second kappa shape index (κ2) is 13.7. The van der Waals surface area contributed by atoms with Gasteiger partial charge < -0.3 is 30.5 Å². The van der Waals surface area contributed by atoms with E-state index >= 15 is 0 Å². The monoisotopic (exact) mass is 569 g/mol.